The molecule has 0 unspecified atom stereocenters. The van der Waals surface area contributed by atoms with E-state index in [1.807, 2.05) is 261 Å². The van der Waals surface area contributed by atoms with Crippen LogP contribution in [0.25, 0.3) is 87.7 Å². The molecule has 0 spiro atoms. The smallest absolute Gasteiger partial charge is 0.314 e. The highest BCUT2D eigenvalue weighted by Crippen LogP contribution is 2.24. The Kier molecular flexibility index (Phi) is 21.7. The molecule has 0 aliphatic heterocycles. The highest BCUT2D eigenvalue weighted by atomic mass is 35.5. The number of para-hydroxylation sites is 10. The molecule has 19 rings (SSSR count). The van der Waals surface area contributed by atoms with E-state index in [0.29, 0.717) is 88.5 Å². The van der Waals surface area contributed by atoms with Gasteiger partial charge < -0.3 is 16.8 Å². The van der Waals surface area contributed by atoms with Crippen LogP contribution in [0.3, 0.4) is 0 Å². The van der Waals surface area contributed by atoms with Crippen LogP contribution in [0.2, 0.25) is 15.5 Å². The Labute approximate surface area is 651 Å². The summed E-state index contributed by atoms with van der Waals surface area (Å²) in [4.78, 5) is 32.8. The molecule has 30 heteroatoms. The van der Waals surface area contributed by atoms with E-state index in [-0.39, 0.29) is 16.4 Å². The van der Waals surface area contributed by atoms with Crippen LogP contribution in [0.4, 0.5) is 11.6 Å². The molecule has 10 aromatic carbocycles. The van der Waals surface area contributed by atoms with E-state index in [2.05, 4.69) is 87.9 Å². The Morgan fingerprint density at radius 3 is 1.03 bits per heavy atom. The molecule has 9 aromatic heterocycles. The van der Waals surface area contributed by atoms with Gasteiger partial charge in [-0.15, -0.1) is 30.3 Å². The molecule has 9 heterocycles. The van der Waals surface area contributed by atoms with Crippen molar-refractivity contribution >= 4 is 124 Å². The summed E-state index contributed by atoms with van der Waals surface area (Å²) in [5, 5.41) is 47.1. The van der Waals surface area contributed by atoms with Crippen molar-refractivity contribution in [3.8, 4) is 0 Å². The Balaban J connectivity index is 0.000000111. The number of nitrogens with one attached hydrogen (secondary N) is 3. The fourth-order valence-electron chi connectivity index (χ4n) is 12.6. The van der Waals surface area contributed by atoms with E-state index in [1.54, 1.807) is 36.3 Å². The lowest BCUT2D eigenvalue weighted by molar-refractivity contribution is 0.636. The summed E-state index contributed by atoms with van der Waals surface area (Å²) in [5.41, 5.74) is 29.7. The zero-order valence-corrected chi connectivity index (χ0v) is 61.6. The highest BCUT2D eigenvalue weighted by molar-refractivity contribution is 6.33. The molecular formula is C82H64Cl3N27. The maximum atomic E-state index is 8.43. The summed E-state index contributed by atoms with van der Waals surface area (Å²) in [6.45, 7) is 17.7. The predicted molar refractivity (Wildman–Crippen MR) is 433 cm³/mol. The Morgan fingerprint density at radius 1 is 0.321 bits per heavy atom. The molecule has 19 aromatic rings. The van der Waals surface area contributed by atoms with Crippen molar-refractivity contribution in [1.29, 1.82) is 10.8 Å². The average molecular weight is 1530 g/mol. The third-order valence-electron chi connectivity index (χ3n) is 17.8. The first kappa shape index (κ1) is 72.9. The summed E-state index contributed by atoms with van der Waals surface area (Å²) in [5.74, 6) is 0.640. The quantitative estimate of drug-likeness (QED) is 0.0562. The van der Waals surface area contributed by atoms with E-state index in [9.17, 15) is 0 Å². The molecular weight excluding hydrogens is 1470 g/mol. The number of halogens is 3. The molecule has 0 aliphatic carbocycles. The van der Waals surface area contributed by atoms with E-state index in [0.717, 1.165) is 89.7 Å². The highest BCUT2D eigenvalue weighted by Gasteiger charge is 2.20. The molecule has 112 heavy (non-hydrogen) atoms. The van der Waals surface area contributed by atoms with Crippen molar-refractivity contribution < 1.29 is 0 Å². The molecule has 27 nitrogen and oxygen atoms in total. The standard InChI is InChI=1S/C17H11ClN6.C17H13N7.C16H12ClN5.C16H14ClN3.C16H14N6/c2*1-19-21-17-23(11-12-7-3-2-4-8-12)22-16-15(18)20-13-9-5-6-10-14(13)24(16)17;17-14-15-20-21(10-11-6-2-1-3-7-11)16(18)22(15)13-9-5-4-8-12(13)19-14;17-16-15(11-18-10-12-6-2-1-3-7-12)19-13-8-4-5-9-14(13)20-16;17-14-15-20-21(10-11-6-2-1-3-7-11)16(18)22(15)13-9-5-4-8-12(13)19-14/h2-10H,11H2;2-10H,11H2,(H2,18,20);1-9,18H,10H2;1-9,18H,10-11H2;1-9,18H,10H2,(H2,17,19). The number of anilines is 2. The number of fused-ring (bicyclic) bond motifs is 13. The number of aromatic nitrogens is 18. The maximum Gasteiger partial charge on any atom is 0.314 e. The predicted octanol–water partition coefficient (Wildman–Crippen LogP) is 13.4. The van der Waals surface area contributed by atoms with Gasteiger partial charge in [0.15, 0.2) is 38.4 Å². The van der Waals surface area contributed by atoms with Crippen LogP contribution in [0.15, 0.2) is 283 Å². The van der Waals surface area contributed by atoms with Gasteiger partial charge in [0.1, 0.15) is 10.2 Å². The molecule has 0 radical (unpaired) electrons. The first-order valence-corrected chi connectivity index (χ1v) is 36.1. The van der Waals surface area contributed by atoms with Gasteiger partial charge in [0.25, 0.3) is 0 Å². The molecule has 0 fully saturated rings. The molecule has 0 amide bonds. The molecule has 0 aliphatic rings. The van der Waals surface area contributed by atoms with Crippen molar-refractivity contribution in [2.75, 3.05) is 11.5 Å². The van der Waals surface area contributed by atoms with Crippen LogP contribution in [0.5, 0.6) is 0 Å². The summed E-state index contributed by atoms with van der Waals surface area (Å²) < 4.78 is 13.6. The third-order valence-corrected chi connectivity index (χ3v) is 18.6. The lowest BCUT2D eigenvalue weighted by atomic mass is 10.2. The fraction of sp³-hybridized carbons (Fsp3) is 0.0732. The lowest BCUT2D eigenvalue weighted by Gasteiger charge is -2.07. The van der Waals surface area contributed by atoms with Crippen molar-refractivity contribution in [2.45, 2.75) is 39.3 Å². The van der Waals surface area contributed by atoms with Crippen molar-refractivity contribution in [2.24, 2.45) is 10.2 Å². The van der Waals surface area contributed by atoms with Crippen LogP contribution in [0.1, 0.15) is 33.5 Å². The largest absolute Gasteiger partial charge is 0.381 e. The lowest BCUT2D eigenvalue weighted by Crippen LogP contribution is -2.23. The second-order valence-corrected chi connectivity index (χ2v) is 26.2. The van der Waals surface area contributed by atoms with Gasteiger partial charge >= 0.3 is 11.2 Å². The van der Waals surface area contributed by atoms with E-state index >= 15 is 0 Å². The number of benzene rings is 10. The van der Waals surface area contributed by atoms with Crippen LogP contribution in [-0.4, -0.2) is 86.6 Å². The van der Waals surface area contributed by atoms with Gasteiger partial charge in [-0.2, -0.15) is 13.1 Å². The second kappa shape index (κ2) is 33.3. The fourth-order valence-corrected chi connectivity index (χ4v) is 13.2. The van der Waals surface area contributed by atoms with Crippen LogP contribution in [-0.2, 0) is 39.3 Å². The van der Waals surface area contributed by atoms with Gasteiger partial charge in [0, 0.05) is 13.1 Å². The van der Waals surface area contributed by atoms with Gasteiger partial charge in [0.05, 0.1) is 87.0 Å². The Bertz CT molecular complexity index is 6670. The summed E-state index contributed by atoms with van der Waals surface area (Å²) in [7, 11) is 0. The number of nitrogens with zero attached hydrogens (tertiary/aromatic N) is 22. The summed E-state index contributed by atoms with van der Waals surface area (Å²) in [6, 6.07) is 87.9. The van der Waals surface area contributed by atoms with Crippen LogP contribution < -0.4 is 39.3 Å². The summed E-state index contributed by atoms with van der Waals surface area (Å²) >= 11 is 18.7. The summed E-state index contributed by atoms with van der Waals surface area (Å²) in [6.07, 6.45) is 0. The molecule has 0 saturated heterocycles. The maximum absolute atomic E-state index is 8.43. The SMILES string of the molecule is Clc1nc2ccccc2nc1CNCc1ccccc1.N=c1n(Cc2ccccc2)nc2c(Cl)nc3ccccc3n12.N=c1n(Cc2ccccc2)nc2c(N)nc3ccccc3n12.[C-]#[N+]N=c1n(Cc2ccccc2)nc2c(Cl)nc3ccccc3n12.[C-]#[N+]N=c1n(Cc2ccccc2)nc2c(N)nc3ccccc3n12. The minimum atomic E-state index is 0.277. The molecule has 548 valence electrons. The Hall–Kier alpha value is -14.6. The molecule has 0 saturated carbocycles. The normalized spacial score (nSPS) is 11.5. The van der Waals surface area contributed by atoms with Gasteiger partial charge in [-0.3, -0.25) is 28.4 Å². The van der Waals surface area contributed by atoms with E-state index in [4.69, 9.17) is 70.2 Å². The van der Waals surface area contributed by atoms with E-state index < -0.39 is 0 Å². The van der Waals surface area contributed by atoms with Gasteiger partial charge in [-0.1, -0.05) is 247 Å². The topological polar surface area (TPSA) is 311 Å². The second-order valence-electron chi connectivity index (χ2n) is 25.1. The minimum absolute atomic E-state index is 0.277. The van der Waals surface area contributed by atoms with Crippen LogP contribution >= 0.6 is 34.8 Å². The van der Waals surface area contributed by atoms with Gasteiger partial charge in [-0.25, -0.2) is 48.6 Å². The Morgan fingerprint density at radius 2 is 0.607 bits per heavy atom. The van der Waals surface area contributed by atoms with Crippen LogP contribution in [0, 0.1) is 24.0 Å². The molecule has 0 bridgehead atoms. The third kappa shape index (κ3) is 15.7. The monoisotopic (exact) mass is 1530 g/mol. The number of nitrogens with two attached hydrogens (primary N) is 2. The number of rotatable bonds is 12. The van der Waals surface area contributed by atoms with E-state index in [1.165, 1.54) is 5.56 Å². The number of nitrogen functional groups attached to an aromatic ring is 2. The van der Waals surface area contributed by atoms with Crippen molar-refractivity contribution in [3.05, 3.63) is 367 Å². The average Bonchev–Trinajstić information content (AvgIpc) is 1.59. The van der Waals surface area contributed by atoms with Crippen molar-refractivity contribution in [3.63, 3.8) is 0 Å². The minimum Gasteiger partial charge on any atom is -0.381 e. The van der Waals surface area contributed by atoms with Gasteiger partial charge in [0.2, 0.25) is 22.5 Å². The zero-order chi connectivity index (χ0) is 77.0. The first-order valence-electron chi connectivity index (χ1n) is 34.9. The number of hydrogen-bond acceptors (Lipinski definition) is 17. The van der Waals surface area contributed by atoms with Gasteiger partial charge in [-0.05, 0) is 88.5 Å². The molecule has 0 atom stereocenters. The van der Waals surface area contributed by atoms with Crippen molar-refractivity contribution in [1.82, 2.24) is 91.9 Å². The first-order chi connectivity index (χ1) is 54.9. The molecule has 7 N–H and O–H groups in total. The zero-order valence-electron chi connectivity index (χ0n) is 59.4. The number of hydrogen-bond donors (Lipinski definition) is 5.